The van der Waals surface area contributed by atoms with Crippen molar-refractivity contribution in [3.63, 3.8) is 0 Å². The molecule has 1 aromatic heterocycles. The maximum absolute atomic E-state index is 12.5. The van der Waals surface area contributed by atoms with E-state index >= 15 is 0 Å². The first kappa shape index (κ1) is 21.8. The Hall–Kier alpha value is -2.47. The van der Waals surface area contributed by atoms with Gasteiger partial charge in [0.15, 0.2) is 5.17 Å². The summed E-state index contributed by atoms with van der Waals surface area (Å²) in [6, 6.07) is 15.4. The molecule has 1 aliphatic rings. The number of nitrogens with one attached hydrogen (secondary N) is 1. The number of halogens is 2. The first-order valence-corrected chi connectivity index (χ1v) is 11.5. The zero-order chi connectivity index (χ0) is 22.1. The van der Waals surface area contributed by atoms with Crippen LogP contribution in [0.5, 0.6) is 0 Å². The lowest BCUT2D eigenvalue weighted by Gasteiger charge is -2.12. The van der Waals surface area contributed by atoms with E-state index in [9.17, 15) is 4.79 Å². The molecular weight excluding hydrogens is 449 g/mol. The number of nitrogens with zero attached hydrogens (tertiary/aromatic N) is 2. The van der Waals surface area contributed by atoms with Gasteiger partial charge in [-0.25, -0.2) is 4.99 Å². The number of hydrogen-bond acceptors (Lipinski definition) is 3. The summed E-state index contributed by atoms with van der Waals surface area (Å²) in [5.74, 6) is -0.153. The number of benzene rings is 2. The Labute approximate surface area is 196 Å². The van der Waals surface area contributed by atoms with Crippen LogP contribution >= 0.6 is 35.0 Å². The number of amidine groups is 1. The molecule has 1 N–H and O–H groups in total. The van der Waals surface area contributed by atoms with Crippen molar-refractivity contribution in [3.05, 3.63) is 86.0 Å². The molecule has 7 heteroatoms. The van der Waals surface area contributed by atoms with E-state index in [2.05, 4.69) is 17.2 Å². The van der Waals surface area contributed by atoms with Crippen molar-refractivity contribution in [2.45, 2.75) is 27.2 Å². The van der Waals surface area contributed by atoms with E-state index in [-0.39, 0.29) is 5.91 Å². The Bertz CT molecular complexity index is 1230. The van der Waals surface area contributed by atoms with Crippen LogP contribution in [0, 0.1) is 13.8 Å². The number of aromatic nitrogens is 1. The molecule has 2 heterocycles. The Morgan fingerprint density at radius 1 is 1.10 bits per heavy atom. The Balaban J connectivity index is 1.64. The monoisotopic (exact) mass is 469 g/mol. The first-order chi connectivity index (χ1) is 14.9. The lowest BCUT2D eigenvalue weighted by Crippen LogP contribution is -2.19. The molecule has 1 saturated heterocycles. The standard InChI is InChI=1S/C24H21Cl2N3OS/c1-4-16-5-8-19(9-6-16)27-24-28-23(30)22(31-24)12-17-11-14(2)29(15(17)3)21-13-18(25)7-10-20(21)26/h5-13H,4H2,1-3H3,(H,27,28,30)/b22-12-. The van der Waals surface area contributed by atoms with E-state index in [1.165, 1.54) is 17.3 Å². The van der Waals surface area contributed by atoms with Gasteiger partial charge in [-0.15, -0.1) is 0 Å². The summed E-state index contributed by atoms with van der Waals surface area (Å²) >= 11 is 13.9. The third-order valence-corrected chi connectivity index (χ3v) is 6.60. The Morgan fingerprint density at radius 2 is 1.84 bits per heavy atom. The summed E-state index contributed by atoms with van der Waals surface area (Å²) in [4.78, 5) is 17.7. The summed E-state index contributed by atoms with van der Waals surface area (Å²) in [5.41, 5.74) is 5.80. The van der Waals surface area contributed by atoms with Crippen LogP contribution in [0.2, 0.25) is 10.0 Å². The second-order valence-electron chi connectivity index (χ2n) is 7.26. The molecule has 1 aliphatic heterocycles. The van der Waals surface area contributed by atoms with Crippen LogP contribution in [0.4, 0.5) is 5.69 Å². The van der Waals surface area contributed by atoms with Gasteiger partial charge in [-0.3, -0.25) is 4.79 Å². The van der Waals surface area contributed by atoms with Gasteiger partial charge in [-0.05, 0) is 85.6 Å². The highest BCUT2D eigenvalue weighted by Crippen LogP contribution is 2.32. The number of aliphatic imine (C=N–C) groups is 1. The highest BCUT2D eigenvalue weighted by molar-refractivity contribution is 8.18. The largest absolute Gasteiger partial charge is 0.316 e. The zero-order valence-corrected chi connectivity index (χ0v) is 19.7. The minimum atomic E-state index is -0.153. The van der Waals surface area contributed by atoms with Crippen LogP contribution in [0.15, 0.2) is 58.4 Å². The highest BCUT2D eigenvalue weighted by atomic mass is 35.5. The number of aryl methyl sites for hydroxylation is 2. The fourth-order valence-electron chi connectivity index (χ4n) is 3.51. The van der Waals surface area contributed by atoms with Gasteiger partial charge < -0.3 is 9.88 Å². The van der Waals surface area contributed by atoms with Crippen molar-refractivity contribution >= 4 is 57.8 Å². The van der Waals surface area contributed by atoms with Crippen molar-refractivity contribution in [1.29, 1.82) is 0 Å². The molecule has 1 fully saturated rings. The molecule has 2 aromatic carbocycles. The van der Waals surface area contributed by atoms with E-state index in [0.29, 0.717) is 20.1 Å². The van der Waals surface area contributed by atoms with Crippen molar-refractivity contribution in [2.24, 2.45) is 4.99 Å². The molecule has 0 saturated carbocycles. The Kier molecular flexibility index (Phi) is 6.28. The average Bonchev–Trinajstić information content (AvgIpc) is 3.22. The van der Waals surface area contributed by atoms with Crippen molar-refractivity contribution in [2.75, 3.05) is 0 Å². The van der Waals surface area contributed by atoms with Crippen LogP contribution < -0.4 is 5.32 Å². The van der Waals surface area contributed by atoms with Crippen LogP contribution in [0.1, 0.15) is 29.4 Å². The summed E-state index contributed by atoms with van der Waals surface area (Å²) in [6.07, 6.45) is 2.87. The molecule has 0 unspecified atom stereocenters. The summed E-state index contributed by atoms with van der Waals surface area (Å²) in [6.45, 7) is 6.11. The molecule has 4 nitrogen and oxygen atoms in total. The predicted molar refractivity (Wildman–Crippen MR) is 132 cm³/mol. The quantitative estimate of drug-likeness (QED) is 0.424. The van der Waals surface area contributed by atoms with Crippen LogP contribution in [0.25, 0.3) is 11.8 Å². The SMILES string of the molecule is CCc1ccc(N=C2NC(=O)/C(=C/c3cc(C)n(-c4cc(Cl)ccc4Cl)c3C)S2)cc1. The second kappa shape index (κ2) is 8.95. The molecule has 0 radical (unpaired) electrons. The van der Waals surface area contributed by atoms with Gasteiger partial charge in [0.1, 0.15) is 0 Å². The average molecular weight is 470 g/mol. The predicted octanol–water partition coefficient (Wildman–Crippen LogP) is 6.85. The van der Waals surface area contributed by atoms with Crippen LogP contribution in [0.3, 0.4) is 0 Å². The molecular formula is C24H21Cl2N3OS. The first-order valence-electron chi connectivity index (χ1n) is 9.88. The Morgan fingerprint density at radius 3 is 2.55 bits per heavy atom. The smallest absolute Gasteiger partial charge is 0.264 e. The molecule has 0 bridgehead atoms. The highest BCUT2D eigenvalue weighted by Gasteiger charge is 2.24. The summed E-state index contributed by atoms with van der Waals surface area (Å²) < 4.78 is 2.04. The topological polar surface area (TPSA) is 46.4 Å². The lowest BCUT2D eigenvalue weighted by molar-refractivity contribution is -0.115. The van der Waals surface area contributed by atoms with Crippen LogP contribution in [-0.2, 0) is 11.2 Å². The number of carbonyl (C=O) groups is 1. The van der Waals surface area contributed by atoms with Crippen molar-refractivity contribution in [1.82, 2.24) is 9.88 Å². The number of amides is 1. The minimum absolute atomic E-state index is 0.153. The fourth-order valence-corrected chi connectivity index (χ4v) is 4.71. The van der Waals surface area contributed by atoms with Crippen LogP contribution in [-0.4, -0.2) is 15.6 Å². The van der Waals surface area contributed by atoms with Gasteiger partial charge in [-0.2, -0.15) is 0 Å². The maximum Gasteiger partial charge on any atom is 0.264 e. The maximum atomic E-state index is 12.5. The van der Waals surface area contributed by atoms with Gasteiger partial charge in [0.2, 0.25) is 0 Å². The second-order valence-corrected chi connectivity index (χ2v) is 9.13. The van der Waals surface area contributed by atoms with Gasteiger partial charge in [-0.1, -0.05) is 42.3 Å². The molecule has 0 spiro atoms. The fraction of sp³-hybridized carbons (Fsp3) is 0.167. The third-order valence-electron chi connectivity index (χ3n) is 5.13. The summed E-state index contributed by atoms with van der Waals surface area (Å²) in [5, 5.41) is 4.66. The molecule has 4 rings (SSSR count). The molecule has 158 valence electrons. The molecule has 1 amide bonds. The number of thioether (sulfide) groups is 1. The lowest BCUT2D eigenvalue weighted by atomic mass is 10.2. The normalized spacial score (nSPS) is 16.4. The molecule has 3 aromatic rings. The van der Waals surface area contributed by atoms with E-state index in [1.54, 1.807) is 12.1 Å². The van der Waals surface area contributed by atoms with E-state index < -0.39 is 0 Å². The van der Waals surface area contributed by atoms with E-state index in [0.717, 1.165) is 34.7 Å². The molecule has 0 atom stereocenters. The van der Waals surface area contributed by atoms with Gasteiger partial charge in [0.05, 0.1) is 21.3 Å². The number of carbonyl (C=O) groups excluding carboxylic acids is 1. The zero-order valence-electron chi connectivity index (χ0n) is 17.4. The summed E-state index contributed by atoms with van der Waals surface area (Å²) in [7, 11) is 0. The number of rotatable bonds is 4. The van der Waals surface area contributed by atoms with Gasteiger partial charge in [0.25, 0.3) is 5.91 Å². The molecule has 0 aliphatic carbocycles. The third kappa shape index (κ3) is 4.59. The van der Waals surface area contributed by atoms with Crippen molar-refractivity contribution < 1.29 is 4.79 Å². The minimum Gasteiger partial charge on any atom is -0.316 e. The van der Waals surface area contributed by atoms with Gasteiger partial charge in [0, 0.05) is 16.4 Å². The molecule has 31 heavy (non-hydrogen) atoms. The van der Waals surface area contributed by atoms with Crippen molar-refractivity contribution in [3.8, 4) is 5.69 Å². The number of hydrogen-bond donors (Lipinski definition) is 1. The van der Waals surface area contributed by atoms with Gasteiger partial charge >= 0.3 is 0 Å². The van der Waals surface area contributed by atoms with E-state index in [4.69, 9.17) is 23.2 Å². The van der Waals surface area contributed by atoms with E-state index in [1.807, 2.05) is 60.9 Å².